The molecule has 0 fully saturated rings. The fourth-order valence-electron chi connectivity index (χ4n) is 3.16. The second-order valence-corrected chi connectivity index (χ2v) is 7.12. The number of carbonyl (C=O) groups is 1. The van der Waals surface area contributed by atoms with E-state index in [-0.39, 0.29) is 11.6 Å². The quantitative estimate of drug-likeness (QED) is 0.305. The highest BCUT2D eigenvalue weighted by Gasteiger charge is 2.29. The zero-order chi connectivity index (χ0) is 22.1. The summed E-state index contributed by atoms with van der Waals surface area (Å²) < 4.78 is 10.8. The van der Waals surface area contributed by atoms with E-state index in [1.165, 1.54) is 18.2 Å². The molecule has 1 amide bonds. The summed E-state index contributed by atoms with van der Waals surface area (Å²) in [5.41, 5.74) is 1.64. The van der Waals surface area contributed by atoms with Crippen molar-refractivity contribution in [1.82, 2.24) is 0 Å². The van der Waals surface area contributed by atoms with Crippen molar-refractivity contribution in [3.63, 3.8) is 0 Å². The van der Waals surface area contributed by atoms with Crippen LogP contribution in [0.5, 0.6) is 5.75 Å². The van der Waals surface area contributed by atoms with Crippen LogP contribution in [0.1, 0.15) is 12.7 Å². The minimum absolute atomic E-state index is 0.142. The Morgan fingerprint density at radius 1 is 1.16 bits per heavy atom. The molecule has 1 aromatic heterocycles. The fourth-order valence-corrected chi connectivity index (χ4v) is 3.28. The molecule has 0 unspecified atom stereocenters. The van der Waals surface area contributed by atoms with E-state index in [1.807, 2.05) is 0 Å². The molecular weight excluding hydrogens is 422 g/mol. The lowest BCUT2D eigenvalue weighted by Gasteiger charge is -2.11. The molecule has 0 bridgehead atoms. The highest BCUT2D eigenvalue weighted by Crippen LogP contribution is 2.35. The number of ether oxygens (including phenoxy) is 1. The topological polar surface area (TPSA) is 98.2 Å². The van der Waals surface area contributed by atoms with Crippen LogP contribution in [0.15, 0.2) is 69.7 Å². The monoisotopic (exact) mass is 437 g/mol. The number of methoxy groups -OCH3 is 1. The molecule has 0 radical (unpaired) electrons. The summed E-state index contributed by atoms with van der Waals surface area (Å²) >= 11 is 5.91. The number of benzene rings is 2. The molecule has 2 heterocycles. The Morgan fingerprint density at radius 2 is 1.90 bits per heavy atom. The molecule has 0 atom stereocenters. The summed E-state index contributed by atoms with van der Waals surface area (Å²) in [6, 6.07) is 14.5. The normalized spacial score (nSPS) is 14.8. The van der Waals surface area contributed by atoms with Crippen LogP contribution in [0.25, 0.3) is 17.4 Å². The minimum Gasteiger partial charge on any atom is -0.497 e. The van der Waals surface area contributed by atoms with Crippen molar-refractivity contribution in [2.24, 2.45) is 5.10 Å². The second-order valence-electron chi connectivity index (χ2n) is 6.68. The van der Waals surface area contributed by atoms with E-state index in [0.29, 0.717) is 44.8 Å². The van der Waals surface area contributed by atoms with Gasteiger partial charge in [0.25, 0.3) is 11.6 Å². The van der Waals surface area contributed by atoms with Gasteiger partial charge in [-0.05, 0) is 61.5 Å². The molecular formula is C22H16ClN3O5. The van der Waals surface area contributed by atoms with Gasteiger partial charge >= 0.3 is 0 Å². The third kappa shape index (κ3) is 3.93. The van der Waals surface area contributed by atoms with Gasteiger partial charge in [-0.2, -0.15) is 10.1 Å². The third-order valence-corrected chi connectivity index (χ3v) is 4.97. The average molecular weight is 438 g/mol. The van der Waals surface area contributed by atoms with Crippen LogP contribution >= 0.6 is 11.6 Å². The number of halogens is 1. The van der Waals surface area contributed by atoms with E-state index in [1.54, 1.807) is 61.5 Å². The van der Waals surface area contributed by atoms with Crippen molar-refractivity contribution < 1.29 is 18.9 Å². The molecule has 0 saturated carbocycles. The molecule has 0 aliphatic carbocycles. The van der Waals surface area contributed by atoms with E-state index in [0.717, 1.165) is 0 Å². The standard InChI is InChI=1S/C22H16ClN3O5/c1-13-19(22(27)25(24-13)15-5-3-14(23)4-6-15)11-17-8-10-21(31-17)18-9-7-16(30-2)12-20(18)26(28)29/h3-12H,1-2H3. The van der Waals surface area contributed by atoms with Crippen molar-refractivity contribution in [2.45, 2.75) is 6.92 Å². The first kappa shape index (κ1) is 20.4. The number of carbonyl (C=O) groups excluding carboxylic acids is 1. The van der Waals surface area contributed by atoms with Gasteiger partial charge in [-0.15, -0.1) is 0 Å². The first-order chi connectivity index (χ1) is 14.9. The number of nitro groups is 1. The van der Waals surface area contributed by atoms with Gasteiger partial charge in [-0.25, -0.2) is 0 Å². The number of rotatable bonds is 5. The van der Waals surface area contributed by atoms with Gasteiger partial charge in [0, 0.05) is 5.02 Å². The molecule has 8 nitrogen and oxygen atoms in total. The summed E-state index contributed by atoms with van der Waals surface area (Å²) in [5, 5.41) is 17.6. The van der Waals surface area contributed by atoms with Crippen LogP contribution in [0.3, 0.4) is 0 Å². The highest BCUT2D eigenvalue weighted by molar-refractivity contribution is 6.32. The van der Waals surface area contributed by atoms with Gasteiger partial charge < -0.3 is 9.15 Å². The number of anilines is 1. The molecule has 1 aliphatic heterocycles. The Labute approximate surface area is 182 Å². The van der Waals surface area contributed by atoms with E-state index in [4.69, 9.17) is 20.8 Å². The molecule has 31 heavy (non-hydrogen) atoms. The number of nitro benzene ring substituents is 1. The number of furan rings is 1. The molecule has 0 spiro atoms. The van der Waals surface area contributed by atoms with Crippen molar-refractivity contribution in [3.05, 3.63) is 81.1 Å². The van der Waals surface area contributed by atoms with Gasteiger partial charge in [0.2, 0.25) is 0 Å². The number of amides is 1. The van der Waals surface area contributed by atoms with E-state index in [9.17, 15) is 14.9 Å². The molecule has 156 valence electrons. The SMILES string of the molecule is COc1ccc(-c2ccc(C=C3C(=O)N(c4ccc(Cl)cc4)N=C3C)o2)c([N+](=O)[O-])c1. The summed E-state index contributed by atoms with van der Waals surface area (Å²) in [6.45, 7) is 1.72. The van der Waals surface area contributed by atoms with Crippen molar-refractivity contribution in [1.29, 1.82) is 0 Å². The Kier molecular flexibility index (Phi) is 5.31. The minimum atomic E-state index is -0.500. The van der Waals surface area contributed by atoms with Crippen LogP contribution < -0.4 is 9.75 Å². The maximum atomic E-state index is 12.9. The lowest BCUT2D eigenvalue weighted by molar-refractivity contribution is -0.384. The maximum Gasteiger partial charge on any atom is 0.284 e. The predicted molar refractivity (Wildman–Crippen MR) is 117 cm³/mol. The molecule has 2 aromatic carbocycles. The zero-order valence-corrected chi connectivity index (χ0v) is 17.3. The average Bonchev–Trinajstić information content (AvgIpc) is 3.34. The summed E-state index contributed by atoms with van der Waals surface area (Å²) in [4.78, 5) is 23.8. The molecule has 9 heteroatoms. The molecule has 0 N–H and O–H groups in total. The van der Waals surface area contributed by atoms with Gasteiger partial charge in [0.15, 0.2) is 0 Å². The molecule has 3 aromatic rings. The maximum absolute atomic E-state index is 12.9. The largest absolute Gasteiger partial charge is 0.497 e. The molecule has 0 saturated heterocycles. The van der Waals surface area contributed by atoms with E-state index >= 15 is 0 Å². The number of hydrazone groups is 1. The number of hydrogen-bond acceptors (Lipinski definition) is 6. The summed E-state index contributed by atoms with van der Waals surface area (Å²) in [7, 11) is 1.44. The smallest absolute Gasteiger partial charge is 0.284 e. The fraction of sp³-hybridized carbons (Fsp3) is 0.0909. The van der Waals surface area contributed by atoms with Gasteiger partial charge in [0.05, 0.1) is 40.6 Å². The highest BCUT2D eigenvalue weighted by atomic mass is 35.5. The van der Waals surface area contributed by atoms with Crippen molar-refractivity contribution >= 4 is 40.7 Å². The molecule has 1 aliphatic rings. The zero-order valence-electron chi connectivity index (χ0n) is 16.5. The second kappa shape index (κ2) is 8.08. The third-order valence-electron chi connectivity index (χ3n) is 4.71. The summed E-state index contributed by atoms with van der Waals surface area (Å²) in [5.74, 6) is 0.731. The molecule has 4 rings (SSSR count). The first-order valence-corrected chi connectivity index (χ1v) is 9.55. The number of hydrogen-bond donors (Lipinski definition) is 0. The van der Waals surface area contributed by atoms with Crippen LogP contribution in [-0.2, 0) is 4.79 Å². The Morgan fingerprint density at radius 3 is 2.58 bits per heavy atom. The summed E-state index contributed by atoms with van der Waals surface area (Å²) in [6.07, 6.45) is 1.57. The van der Waals surface area contributed by atoms with Gasteiger partial charge in [0.1, 0.15) is 17.3 Å². The lowest BCUT2D eigenvalue weighted by atomic mass is 10.1. The van der Waals surface area contributed by atoms with Gasteiger partial charge in [-0.1, -0.05) is 11.6 Å². The Bertz CT molecular complexity index is 1240. The first-order valence-electron chi connectivity index (χ1n) is 9.17. The van der Waals surface area contributed by atoms with Gasteiger partial charge in [-0.3, -0.25) is 14.9 Å². The lowest BCUT2D eigenvalue weighted by Crippen LogP contribution is -2.21. The van der Waals surface area contributed by atoms with Crippen molar-refractivity contribution in [2.75, 3.05) is 12.1 Å². The van der Waals surface area contributed by atoms with E-state index in [2.05, 4.69) is 5.10 Å². The Hall–Kier alpha value is -3.91. The van der Waals surface area contributed by atoms with Crippen molar-refractivity contribution in [3.8, 4) is 17.1 Å². The van der Waals surface area contributed by atoms with Crippen LogP contribution in [0, 0.1) is 10.1 Å². The van der Waals surface area contributed by atoms with Crippen LogP contribution in [0.4, 0.5) is 11.4 Å². The van der Waals surface area contributed by atoms with Crippen LogP contribution in [-0.4, -0.2) is 23.7 Å². The predicted octanol–water partition coefficient (Wildman–Crippen LogP) is 5.32. The van der Waals surface area contributed by atoms with Crippen LogP contribution in [0.2, 0.25) is 5.02 Å². The number of nitrogens with zero attached hydrogens (tertiary/aromatic N) is 3. The van der Waals surface area contributed by atoms with E-state index < -0.39 is 4.92 Å². The Balaban J connectivity index is 1.65.